The zero-order valence-electron chi connectivity index (χ0n) is 16.5. The second-order valence-electron chi connectivity index (χ2n) is 7.46. The number of ether oxygens (including phenoxy) is 1. The van der Waals surface area contributed by atoms with Crippen molar-refractivity contribution in [1.29, 1.82) is 0 Å². The minimum absolute atomic E-state index is 0.0488. The molecule has 2 aromatic carbocycles. The fourth-order valence-electron chi connectivity index (χ4n) is 3.88. The lowest BCUT2D eigenvalue weighted by atomic mass is 9.99. The summed E-state index contributed by atoms with van der Waals surface area (Å²) >= 11 is 0. The topological polar surface area (TPSA) is 37.4 Å². The molecule has 4 rings (SSSR count). The monoisotopic (exact) mass is 373 g/mol. The van der Waals surface area contributed by atoms with Gasteiger partial charge < -0.3 is 15.0 Å². The van der Waals surface area contributed by atoms with Gasteiger partial charge in [-0.05, 0) is 31.0 Å². The molecule has 1 aromatic heterocycles. The van der Waals surface area contributed by atoms with Crippen LogP contribution in [-0.4, -0.2) is 30.3 Å². The third-order valence-electron chi connectivity index (χ3n) is 5.09. The maximum atomic E-state index is 5.88. The molecule has 0 amide bonds. The summed E-state index contributed by atoms with van der Waals surface area (Å²) in [5, 5.41) is 3.64. The van der Waals surface area contributed by atoms with Gasteiger partial charge in [-0.3, -0.25) is 0 Å². The van der Waals surface area contributed by atoms with Gasteiger partial charge in [-0.1, -0.05) is 60.7 Å². The van der Waals surface area contributed by atoms with E-state index in [1.54, 1.807) is 0 Å². The van der Waals surface area contributed by atoms with Crippen LogP contribution in [0.25, 0.3) is 0 Å². The number of benzene rings is 2. The molecule has 28 heavy (non-hydrogen) atoms. The summed E-state index contributed by atoms with van der Waals surface area (Å²) in [5.74, 6) is 0.877. The van der Waals surface area contributed by atoms with Crippen LogP contribution in [0.1, 0.15) is 31.0 Å². The van der Waals surface area contributed by atoms with Gasteiger partial charge >= 0.3 is 0 Å². The highest BCUT2D eigenvalue weighted by Crippen LogP contribution is 2.28. The van der Waals surface area contributed by atoms with Crippen LogP contribution in [0, 0.1) is 0 Å². The number of aromatic nitrogens is 1. The largest absolute Gasteiger partial charge is 0.372 e. The zero-order chi connectivity index (χ0) is 19.3. The summed E-state index contributed by atoms with van der Waals surface area (Å²) in [7, 11) is 0. The fraction of sp³-hybridized carbons (Fsp3) is 0.292. The maximum absolute atomic E-state index is 5.88. The fourth-order valence-corrected chi connectivity index (χ4v) is 3.88. The second-order valence-corrected chi connectivity index (χ2v) is 7.46. The molecule has 2 unspecified atom stereocenters. The van der Waals surface area contributed by atoms with Gasteiger partial charge in [-0.2, -0.15) is 0 Å². The number of nitrogens with zero attached hydrogens (tertiary/aromatic N) is 2. The Balaban J connectivity index is 1.61. The van der Waals surface area contributed by atoms with Crippen LogP contribution in [0.4, 0.5) is 11.5 Å². The predicted molar refractivity (Wildman–Crippen MR) is 115 cm³/mol. The molecular formula is C24H27N3O. The van der Waals surface area contributed by atoms with Gasteiger partial charge in [-0.25, -0.2) is 4.98 Å². The van der Waals surface area contributed by atoms with Crippen LogP contribution < -0.4 is 10.2 Å². The molecule has 0 radical (unpaired) electrons. The molecule has 4 heteroatoms. The first-order valence-electron chi connectivity index (χ1n) is 9.92. The molecule has 1 N–H and O–H groups in total. The van der Waals surface area contributed by atoms with Gasteiger partial charge in [0.1, 0.15) is 5.82 Å². The molecule has 4 nitrogen and oxygen atoms in total. The number of morpholine rings is 1. The third-order valence-corrected chi connectivity index (χ3v) is 5.09. The van der Waals surface area contributed by atoms with Crippen molar-refractivity contribution in [2.75, 3.05) is 23.3 Å². The number of hydrogen-bond donors (Lipinski definition) is 1. The Morgan fingerprint density at radius 1 is 0.893 bits per heavy atom. The molecule has 0 spiro atoms. The van der Waals surface area contributed by atoms with E-state index in [1.165, 1.54) is 16.8 Å². The smallest absolute Gasteiger partial charge is 0.128 e. The summed E-state index contributed by atoms with van der Waals surface area (Å²) < 4.78 is 5.88. The average Bonchev–Trinajstić information content (AvgIpc) is 2.73. The first-order valence-corrected chi connectivity index (χ1v) is 9.92. The van der Waals surface area contributed by atoms with E-state index in [2.05, 4.69) is 89.7 Å². The summed E-state index contributed by atoms with van der Waals surface area (Å²) in [4.78, 5) is 6.97. The van der Waals surface area contributed by atoms with Crippen LogP contribution in [-0.2, 0) is 4.74 Å². The molecule has 2 heterocycles. The van der Waals surface area contributed by atoms with E-state index in [4.69, 9.17) is 4.74 Å². The molecule has 144 valence electrons. The van der Waals surface area contributed by atoms with Crippen molar-refractivity contribution in [3.63, 3.8) is 0 Å². The number of anilines is 2. The Bertz CT molecular complexity index is 835. The van der Waals surface area contributed by atoms with Crippen molar-refractivity contribution in [3.05, 3.63) is 90.1 Å². The summed E-state index contributed by atoms with van der Waals surface area (Å²) in [5.41, 5.74) is 3.61. The van der Waals surface area contributed by atoms with Gasteiger partial charge in [0.25, 0.3) is 0 Å². The SMILES string of the molecule is CC1CN(c2ccnc(NC(c3ccccc3)c3ccccc3)c2)CC(C)O1. The quantitative estimate of drug-likeness (QED) is 0.690. The predicted octanol–water partition coefficient (Wildman–Crippen LogP) is 4.90. The van der Waals surface area contributed by atoms with Crippen molar-refractivity contribution >= 4 is 11.5 Å². The van der Waals surface area contributed by atoms with E-state index < -0.39 is 0 Å². The Labute approximate surface area is 167 Å². The van der Waals surface area contributed by atoms with Gasteiger partial charge in [0.15, 0.2) is 0 Å². The van der Waals surface area contributed by atoms with E-state index in [9.17, 15) is 0 Å². The summed E-state index contributed by atoms with van der Waals surface area (Å²) in [6.45, 7) is 6.05. The molecule has 3 aromatic rings. The third kappa shape index (κ3) is 4.34. The molecule has 1 aliphatic rings. The Kier molecular flexibility index (Phi) is 5.58. The van der Waals surface area contributed by atoms with Crippen LogP contribution in [0.15, 0.2) is 79.0 Å². The molecule has 0 bridgehead atoms. The maximum Gasteiger partial charge on any atom is 0.128 e. The second kappa shape index (κ2) is 8.44. The average molecular weight is 374 g/mol. The number of pyridine rings is 1. The van der Waals surface area contributed by atoms with E-state index in [0.717, 1.165) is 18.9 Å². The van der Waals surface area contributed by atoms with E-state index >= 15 is 0 Å². The highest BCUT2D eigenvalue weighted by molar-refractivity contribution is 5.56. The van der Waals surface area contributed by atoms with Gasteiger partial charge in [0, 0.05) is 31.0 Å². The molecule has 0 aliphatic carbocycles. The van der Waals surface area contributed by atoms with Crippen molar-refractivity contribution in [1.82, 2.24) is 4.98 Å². The minimum atomic E-state index is 0.0488. The Hall–Kier alpha value is -2.85. The zero-order valence-corrected chi connectivity index (χ0v) is 16.5. The van der Waals surface area contributed by atoms with Crippen LogP contribution >= 0.6 is 0 Å². The molecule has 0 saturated carbocycles. The van der Waals surface area contributed by atoms with Gasteiger partial charge in [0.05, 0.1) is 18.2 Å². The summed E-state index contributed by atoms with van der Waals surface area (Å²) in [6, 6.07) is 25.3. The van der Waals surface area contributed by atoms with Crippen LogP contribution in [0.5, 0.6) is 0 Å². The highest BCUT2D eigenvalue weighted by atomic mass is 16.5. The normalized spacial score (nSPS) is 19.6. The molecule has 1 fully saturated rings. The lowest BCUT2D eigenvalue weighted by molar-refractivity contribution is -0.00521. The highest BCUT2D eigenvalue weighted by Gasteiger charge is 2.23. The van der Waals surface area contributed by atoms with Crippen molar-refractivity contribution in [2.45, 2.75) is 32.1 Å². The van der Waals surface area contributed by atoms with Crippen LogP contribution in [0.3, 0.4) is 0 Å². The summed E-state index contributed by atoms with van der Waals surface area (Å²) in [6.07, 6.45) is 2.35. The molecule has 1 saturated heterocycles. The number of hydrogen-bond acceptors (Lipinski definition) is 4. The van der Waals surface area contributed by atoms with Gasteiger partial charge in [0.2, 0.25) is 0 Å². The number of nitrogens with one attached hydrogen (secondary N) is 1. The Morgan fingerprint density at radius 2 is 1.46 bits per heavy atom. The lowest BCUT2D eigenvalue weighted by Crippen LogP contribution is -2.45. The van der Waals surface area contributed by atoms with E-state index in [0.29, 0.717) is 0 Å². The lowest BCUT2D eigenvalue weighted by Gasteiger charge is -2.37. The van der Waals surface area contributed by atoms with Crippen molar-refractivity contribution in [3.8, 4) is 0 Å². The first-order chi connectivity index (χ1) is 13.7. The minimum Gasteiger partial charge on any atom is -0.372 e. The molecule has 1 aliphatic heterocycles. The van der Waals surface area contributed by atoms with Gasteiger partial charge in [-0.15, -0.1) is 0 Å². The van der Waals surface area contributed by atoms with E-state index in [1.807, 2.05) is 18.3 Å². The molecular weight excluding hydrogens is 346 g/mol. The van der Waals surface area contributed by atoms with Crippen LogP contribution in [0.2, 0.25) is 0 Å². The first kappa shape index (κ1) is 18.5. The van der Waals surface area contributed by atoms with E-state index in [-0.39, 0.29) is 18.2 Å². The van der Waals surface area contributed by atoms with Crippen molar-refractivity contribution < 1.29 is 4.74 Å². The Morgan fingerprint density at radius 3 is 2.04 bits per heavy atom. The standard InChI is InChI=1S/C24H27N3O/c1-18-16-27(17-19(2)28-18)22-13-14-25-23(15-22)26-24(20-9-5-3-6-10-20)21-11-7-4-8-12-21/h3-15,18-19,24H,16-17H2,1-2H3,(H,25,26). The molecule has 2 atom stereocenters. The van der Waals surface area contributed by atoms with Crippen molar-refractivity contribution in [2.24, 2.45) is 0 Å². The number of rotatable bonds is 5.